The summed E-state index contributed by atoms with van der Waals surface area (Å²) >= 11 is 1.67. The summed E-state index contributed by atoms with van der Waals surface area (Å²) in [6, 6.07) is 2.49. The molecule has 88 valence electrons. The molecule has 3 nitrogen and oxygen atoms in total. The number of hydrogen-bond donors (Lipinski definition) is 1. The van der Waals surface area contributed by atoms with Crippen LogP contribution in [0.25, 0.3) is 0 Å². The number of hydrogen-bond acceptors (Lipinski definition) is 4. The van der Waals surface area contributed by atoms with E-state index in [1.54, 1.807) is 11.3 Å². The van der Waals surface area contributed by atoms with E-state index in [1.165, 1.54) is 0 Å². The summed E-state index contributed by atoms with van der Waals surface area (Å²) in [7, 11) is 0. The van der Waals surface area contributed by atoms with Gasteiger partial charge in [-0.3, -0.25) is 0 Å². The number of aromatic nitrogens is 1. The van der Waals surface area contributed by atoms with Crippen LogP contribution in [0, 0.1) is 16.7 Å². The van der Waals surface area contributed by atoms with Gasteiger partial charge < -0.3 is 5.32 Å². The van der Waals surface area contributed by atoms with Crippen molar-refractivity contribution in [2.75, 3.05) is 6.54 Å². The summed E-state index contributed by atoms with van der Waals surface area (Å²) in [6.45, 7) is 7.41. The number of nitrogens with zero attached hydrogens (tertiary/aromatic N) is 2. The number of nitriles is 1. The summed E-state index contributed by atoms with van der Waals surface area (Å²) in [5.41, 5.74) is 0.168. The molecular formula is C12H19N3S. The van der Waals surface area contributed by atoms with Crippen LogP contribution >= 0.6 is 11.3 Å². The molecule has 0 aliphatic carbocycles. The predicted octanol–water partition coefficient (Wildman–Crippen LogP) is 3.12. The monoisotopic (exact) mass is 237 g/mol. The first-order chi connectivity index (χ1) is 7.55. The van der Waals surface area contributed by atoms with Crippen molar-refractivity contribution in [3.05, 3.63) is 16.6 Å². The molecule has 0 saturated heterocycles. The summed E-state index contributed by atoms with van der Waals surface area (Å²) in [5.74, 6) is 0. The van der Waals surface area contributed by atoms with E-state index in [4.69, 9.17) is 5.26 Å². The van der Waals surface area contributed by atoms with Gasteiger partial charge in [0.25, 0.3) is 0 Å². The van der Waals surface area contributed by atoms with E-state index in [0.29, 0.717) is 12.5 Å². The quantitative estimate of drug-likeness (QED) is 0.827. The molecule has 1 rings (SSSR count). The van der Waals surface area contributed by atoms with E-state index >= 15 is 0 Å². The smallest absolute Gasteiger partial charge is 0.109 e. The van der Waals surface area contributed by atoms with Crippen molar-refractivity contribution in [2.24, 2.45) is 5.41 Å². The Morgan fingerprint density at radius 2 is 2.38 bits per heavy atom. The van der Waals surface area contributed by atoms with Gasteiger partial charge in [0.2, 0.25) is 0 Å². The third-order valence-corrected chi connectivity index (χ3v) is 3.58. The molecule has 1 aromatic heterocycles. The summed E-state index contributed by atoms with van der Waals surface area (Å²) in [4.78, 5) is 4.28. The van der Waals surface area contributed by atoms with Gasteiger partial charge in [-0.2, -0.15) is 5.26 Å². The van der Waals surface area contributed by atoms with Crippen LogP contribution in [-0.2, 0) is 0 Å². The van der Waals surface area contributed by atoms with Crippen molar-refractivity contribution < 1.29 is 0 Å². The second-order valence-electron chi connectivity index (χ2n) is 4.80. The van der Waals surface area contributed by atoms with Gasteiger partial charge in [-0.25, -0.2) is 4.98 Å². The average molecular weight is 237 g/mol. The minimum absolute atomic E-state index is 0.168. The molecule has 0 spiro atoms. The van der Waals surface area contributed by atoms with Crippen molar-refractivity contribution in [3.8, 4) is 6.07 Å². The van der Waals surface area contributed by atoms with Crippen molar-refractivity contribution in [1.29, 1.82) is 5.26 Å². The Kier molecular flexibility index (Phi) is 4.91. The first-order valence-corrected chi connectivity index (χ1v) is 6.43. The van der Waals surface area contributed by atoms with Crippen LogP contribution in [0.5, 0.6) is 0 Å². The maximum atomic E-state index is 8.58. The molecule has 1 atom stereocenters. The lowest BCUT2D eigenvalue weighted by Crippen LogP contribution is -2.31. The fourth-order valence-corrected chi connectivity index (χ4v) is 2.12. The van der Waals surface area contributed by atoms with E-state index in [1.807, 2.05) is 11.6 Å². The molecule has 4 heteroatoms. The normalized spacial score (nSPS) is 13.4. The third-order valence-electron chi connectivity index (χ3n) is 2.62. The zero-order valence-corrected chi connectivity index (χ0v) is 11.0. The largest absolute Gasteiger partial charge is 0.308 e. The fourth-order valence-electron chi connectivity index (χ4n) is 1.45. The summed E-state index contributed by atoms with van der Waals surface area (Å²) in [6.07, 6.45) is 3.39. The van der Waals surface area contributed by atoms with Gasteiger partial charge in [0.15, 0.2) is 0 Å². The Morgan fingerprint density at radius 3 is 2.94 bits per heavy atom. The Hall–Kier alpha value is -0.920. The number of nitrogens with one attached hydrogen (secondary N) is 1. The molecular weight excluding hydrogens is 218 g/mol. The molecule has 1 aromatic rings. The van der Waals surface area contributed by atoms with Gasteiger partial charge >= 0.3 is 0 Å². The van der Waals surface area contributed by atoms with Crippen molar-refractivity contribution in [1.82, 2.24) is 10.3 Å². The zero-order chi connectivity index (χ0) is 12.0. The molecule has 0 bridgehead atoms. The van der Waals surface area contributed by atoms with E-state index in [-0.39, 0.29) is 5.41 Å². The van der Waals surface area contributed by atoms with Crippen LogP contribution in [-0.4, -0.2) is 11.5 Å². The minimum atomic E-state index is 0.168. The van der Waals surface area contributed by atoms with Crippen molar-refractivity contribution >= 4 is 11.3 Å². The highest BCUT2D eigenvalue weighted by atomic mass is 32.1. The lowest BCUT2D eigenvalue weighted by molar-refractivity contribution is 0.304. The lowest BCUT2D eigenvalue weighted by Gasteiger charge is -2.25. The van der Waals surface area contributed by atoms with Gasteiger partial charge in [-0.1, -0.05) is 13.8 Å². The maximum absolute atomic E-state index is 8.58. The molecule has 0 aliphatic heterocycles. The van der Waals surface area contributed by atoms with E-state index in [9.17, 15) is 0 Å². The fraction of sp³-hybridized carbons (Fsp3) is 0.667. The van der Waals surface area contributed by atoms with Crippen LogP contribution < -0.4 is 5.32 Å². The first-order valence-electron chi connectivity index (χ1n) is 5.55. The SMILES string of the molecule is CC(NCC(C)(C)CCC#N)c1nccs1. The van der Waals surface area contributed by atoms with Gasteiger partial charge in [0.05, 0.1) is 12.1 Å². The van der Waals surface area contributed by atoms with Crippen LogP contribution in [0.15, 0.2) is 11.6 Å². The molecule has 0 aromatic carbocycles. The molecule has 16 heavy (non-hydrogen) atoms. The van der Waals surface area contributed by atoms with Crippen LogP contribution in [0.4, 0.5) is 0 Å². The molecule has 0 fully saturated rings. The molecule has 0 aliphatic rings. The predicted molar refractivity (Wildman–Crippen MR) is 67.2 cm³/mol. The Labute approximate surface area is 102 Å². The van der Waals surface area contributed by atoms with Gasteiger partial charge in [-0.05, 0) is 18.8 Å². The highest BCUT2D eigenvalue weighted by Gasteiger charge is 2.19. The van der Waals surface area contributed by atoms with Crippen LogP contribution in [0.1, 0.15) is 44.7 Å². The van der Waals surface area contributed by atoms with E-state index in [0.717, 1.165) is 18.0 Å². The lowest BCUT2D eigenvalue weighted by atomic mass is 9.88. The maximum Gasteiger partial charge on any atom is 0.109 e. The Morgan fingerprint density at radius 1 is 1.62 bits per heavy atom. The van der Waals surface area contributed by atoms with Crippen LogP contribution in [0.2, 0.25) is 0 Å². The highest BCUT2D eigenvalue weighted by molar-refractivity contribution is 7.09. The second kappa shape index (κ2) is 5.97. The zero-order valence-electron chi connectivity index (χ0n) is 10.2. The summed E-state index contributed by atoms with van der Waals surface area (Å²) in [5, 5.41) is 15.2. The van der Waals surface area contributed by atoms with E-state index in [2.05, 4.69) is 37.1 Å². The van der Waals surface area contributed by atoms with Crippen molar-refractivity contribution in [2.45, 2.75) is 39.7 Å². The molecule has 1 N–H and O–H groups in total. The highest BCUT2D eigenvalue weighted by Crippen LogP contribution is 2.23. The Bertz CT molecular complexity index is 338. The van der Waals surface area contributed by atoms with Gasteiger partial charge in [0, 0.05) is 24.5 Å². The summed E-state index contributed by atoms with van der Waals surface area (Å²) < 4.78 is 0. The molecule has 0 saturated carbocycles. The third kappa shape index (κ3) is 4.30. The van der Waals surface area contributed by atoms with E-state index < -0.39 is 0 Å². The molecule has 0 amide bonds. The first kappa shape index (κ1) is 13.1. The van der Waals surface area contributed by atoms with Crippen molar-refractivity contribution in [3.63, 3.8) is 0 Å². The standard InChI is InChI=1S/C12H19N3S/c1-10(11-14-7-8-16-11)15-9-12(2,3)5-4-6-13/h7-8,10,15H,4-5,9H2,1-3H3. The number of thiazole rings is 1. The molecule has 1 heterocycles. The number of rotatable bonds is 6. The van der Waals surface area contributed by atoms with Gasteiger partial charge in [0.1, 0.15) is 5.01 Å². The van der Waals surface area contributed by atoms with Crippen LogP contribution in [0.3, 0.4) is 0 Å². The Balaban J connectivity index is 2.36. The second-order valence-corrected chi connectivity index (χ2v) is 5.72. The average Bonchev–Trinajstić information content (AvgIpc) is 2.77. The van der Waals surface area contributed by atoms with Gasteiger partial charge in [-0.15, -0.1) is 11.3 Å². The molecule has 1 unspecified atom stereocenters. The molecule has 0 radical (unpaired) electrons. The minimum Gasteiger partial charge on any atom is -0.308 e. The topological polar surface area (TPSA) is 48.7 Å².